The fourth-order valence-electron chi connectivity index (χ4n) is 25.7. The molecule has 0 unspecified atom stereocenters. The Hall–Kier alpha value is -0.440. The average Bonchev–Trinajstić information content (AvgIpc) is 4.19. The average molecular weight is 991 g/mol. The summed E-state index contributed by atoms with van der Waals surface area (Å²) in [6, 6.07) is 0. The van der Waals surface area contributed by atoms with Gasteiger partial charge in [0.1, 0.15) is 23.9 Å². The summed E-state index contributed by atoms with van der Waals surface area (Å²) in [5.74, 6) is 1.37. The number of aliphatic hydroxyl groups is 6. The zero-order valence-electron chi connectivity index (χ0n) is 45.9. The van der Waals surface area contributed by atoms with Crippen molar-refractivity contribution in [2.24, 2.45) is 101 Å². The van der Waals surface area contributed by atoms with Gasteiger partial charge in [0.25, 0.3) is 0 Å². The molecule has 15 rings (SSSR count). The molecular weight excluding hydrogens is 897 g/mol. The van der Waals surface area contributed by atoms with Crippen molar-refractivity contribution in [3.63, 3.8) is 0 Å². The first-order valence-electron chi connectivity index (χ1n) is 29.4. The molecule has 6 N–H and O–H groups in total. The van der Waals surface area contributed by atoms with E-state index in [1.54, 1.807) is 0 Å². The van der Waals surface area contributed by atoms with Gasteiger partial charge in [-0.05, 0) is 202 Å². The Morgan fingerprint density at radius 1 is 0.507 bits per heavy atom. The molecular formula is C60H94O11. The van der Waals surface area contributed by atoms with Crippen LogP contribution in [0, 0.1) is 101 Å². The fraction of sp³-hybridized carbons (Fsp3) is 1.00. The molecule has 10 aliphatic carbocycles. The second kappa shape index (κ2) is 13.5. The van der Waals surface area contributed by atoms with Crippen molar-refractivity contribution in [1.82, 2.24) is 0 Å². The van der Waals surface area contributed by atoms with Gasteiger partial charge >= 0.3 is 0 Å². The number of fused-ring (bicyclic) bond motifs is 10. The second-order valence-corrected chi connectivity index (χ2v) is 31.9. The quantitative estimate of drug-likeness (QED) is 0.139. The van der Waals surface area contributed by atoms with E-state index in [9.17, 15) is 30.6 Å². The van der Waals surface area contributed by atoms with E-state index in [1.165, 1.54) is 32.1 Å². The van der Waals surface area contributed by atoms with Gasteiger partial charge in [-0.15, -0.1) is 0 Å². The van der Waals surface area contributed by atoms with Crippen LogP contribution >= 0.6 is 0 Å². The molecule has 6 spiro atoms. The van der Waals surface area contributed by atoms with Crippen LogP contribution in [0.15, 0.2) is 0 Å². The standard InChI is InChI=1S/C30H46O6.C30H48O5/c1-15-11-30(22-27(6,35-22)23(33)36-30)34-16-12-25(4)18-8-7-17-24(2,3)19(31)9-10-28(17)14-29(18,28)13-20(32)26(25,5)21(15)16;1-16-14-17-22(25(4,5)33)35-30(34-17)21(16)26(6)12-13-29-15-28(29)11-10-20(31)24(2,3)18(28)8-9-19(29)27(26,7)23(30)32/h15-23,31-33H,7-14H2,1-6H3;16-23,31-33H,8-15H2,1-7H3/t15-,16+,17+,18+,19+,20-,21+,22-,23+,25+,26-,27+,28-,29+,30-;16-,17-,18+,19+,20+,21-,22+,23-,26-,27-,28-,29+,30+/m11/s1. The summed E-state index contributed by atoms with van der Waals surface area (Å²) < 4.78 is 32.6. The van der Waals surface area contributed by atoms with Crippen LogP contribution < -0.4 is 0 Å². The third kappa shape index (κ3) is 5.06. The monoisotopic (exact) mass is 991 g/mol. The Labute approximate surface area is 425 Å². The van der Waals surface area contributed by atoms with Crippen LogP contribution in [0.3, 0.4) is 0 Å². The smallest absolute Gasteiger partial charge is 0.201 e. The molecule has 400 valence electrons. The first kappa shape index (κ1) is 48.9. The largest absolute Gasteiger partial charge is 0.393 e. The molecule has 2 bridgehead atoms. The maximum absolute atomic E-state index is 12.5. The van der Waals surface area contributed by atoms with Crippen molar-refractivity contribution < 1.29 is 54.3 Å². The molecule has 0 aromatic rings. The van der Waals surface area contributed by atoms with Crippen LogP contribution in [0.4, 0.5) is 0 Å². The highest BCUT2D eigenvalue weighted by Gasteiger charge is 2.89. The highest BCUT2D eigenvalue weighted by molar-refractivity contribution is 5.36. The van der Waals surface area contributed by atoms with E-state index in [4.69, 9.17) is 23.7 Å². The van der Waals surface area contributed by atoms with E-state index >= 15 is 0 Å². The summed E-state index contributed by atoms with van der Waals surface area (Å²) >= 11 is 0. The molecule has 0 aromatic carbocycles. The number of aliphatic hydroxyl groups excluding tert-OH is 5. The normalized spacial score (nSPS) is 66.9. The summed E-state index contributed by atoms with van der Waals surface area (Å²) in [5.41, 5.74) is -1.22. The lowest BCUT2D eigenvalue weighted by Gasteiger charge is -2.64. The number of ether oxygens (including phenoxy) is 5. The minimum Gasteiger partial charge on any atom is -0.393 e. The summed E-state index contributed by atoms with van der Waals surface area (Å²) in [6.07, 6.45) is 13.8. The van der Waals surface area contributed by atoms with E-state index in [0.717, 1.165) is 64.2 Å². The van der Waals surface area contributed by atoms with E-state index in [0.29, 0.717) is 47.3 Å². The Balaban J connectivity index is 0.000000133. The summed E-state index contributed by atoms with van der Waals surface area (Å²) in [4.78, 5) is 0. The second-order valence-electron chi connectivity index (χ2n) is 31.9. The minimum atomic E-state index is -1.01. The van der Waals surface area contributed by atoms with Gasteiger partial charge in [0.2, 0.25) is 5.79 Å². The maximum atomic E-state index is 12.5. The Kier molecular flexibility index (Phi) is 9.31. The number of rotatable bonds is 1. The van der Waals surface area contributed by atoms with Gasteiger partial charge < -0.3 is 54.3 Å². The highest BCUT2D eigenvalue weighted by Crippen LogP contribution is 2.92. The van der Waals surface area contributed by atoms with E-state index < -0.39 is 41.3 Å². The van der Waals surface area contributed by atoms with Gasteiger partial charge in [-0.25, -0.2) is 0 Å². The van der Waals surface area contributed by atoms with Gasteiger partial charge in [0, 0.05) is 23.2 Å². The molecule has 5 saturated heterocycles. The van der Waals surface area contributed by atoms with Crippen molar-refractivity contribution in [2.75, 3.05) is 0 Å². The molecule has 15 aliphatic rings. The molecule has 5 heterocycles. The lowest BCUT2D eigenvalue weighted by Crippen LogP contribution is -2.63. The highest BCUT2D eigenvalue weighted by atomic mass is 16.8. The summed E-state index contributed by atoms with van der Waals surface area (Å²) in [5, 5.41) is 68.0. The van der Waals surface area contributed by atoms with Crippen LogP contribution in [0.2, 0.25) is 0 Å². The molecule has 5 aliphatic heterocycles. The molecule has 0 radical (unpaired) electrons. The lowest BCUT2D eigenvalue weighted by molar-refractivity contribution is -0.346. The molecule has 0 amide bonds. The molecule has 10 saturated carbocycles. The first-order chi connectivity index (χ1) is 32.8. The van der Waals surface area contributed by atoms with Gasteiger partial charge in [-0.2, -0.15) is 0 Å². The third-order valence-electron chi connectivity index (χ3n) is 28.9. The van der Waals surface area contributed by atoms with Crippen molar-refractivity contribution in [1.29, 1.82) is 0 Å². The van der Waals surface area contributed by atoms with Gasteiger partial charge in [-0.3, -0.25) is 0 Å². The van der Waals surface area contributed by atoms with Gasteiger partial charge in [0.15, 0.2) is 12.1 Å². The zero-order chi connectivity index (χ0) is 50.7. The lowest BCUT2D eigenvalue weighted by atomic mass is 9.41. The number of hydrogen-bond donors (Lipinski definition) is 6. The molecule has 11 nitrogen and oxygen atoms in total. The maximum Gasteiger partial charge on any atom is 0.201 e. The van der Waals surface area contributed by atoms with Gasteiger partial charge in [-0.1, -0.05) is 69.2 Å². The van der Waals surface area contributed by atoms with Gasteiger partial charge in [0.05, 0.1) is 36.1 Å². The van der Waals surface area contributed by atoms with Crippen molar-refractivity contribution in [3.8, 4) is 0 Å². The molecule has 11 heteroatoms. The molecule has 0 aromatic heterocycles. The predicted molar refractivity (Wildman–Crippen MR) is 264 cm³/mol. The summed E-state index contributed by atoms with van der Waals surface area (Å²) in [7, 11) is 0. The molecule has 28 atom stereocenters. The van der Waals surface area contributed by atoms with Crippen LogP contribution in [-0.4, -0.2) is 109 Å². The number of epoxide rings is 1. The minimum absolute atomic E-state index is 0.00402. The van der Waals surface area contributed by atoms with E-state index in [2.05, 4.69) is 69.2 Å². The molecule has 71 heavy (non-hydrogen) atoms. The Bertz CT molecular complexity index is 2300. The first-order valence-corrected chi connectivity index (χ1v) is 29.4. The third-order valence-corrected chi connectivity index (χ3v) is 28.9. The predicted octanol–water partition coefficient (Wildman–Crippen LogP) is 8.65. The van der Waals surface area contributed by atoms with Crippen LogP contribution in [-0.2, 0) is 23.7 Å². The topological polar surface area (TPSA) is 171 Å². The number of hydrogen-bond acceptors (Lipinski definition) is 11. The zero-order valence-corrected chi connectivity index (χ0v) is 45.9. The Morgan fingerprint density at radius 3 is 1.68 bits per heavy atom. The van der Waals surface area contributed by atoms with E-state index in [1.807, 2.05) is 20.8 Å². The van der Waals surface area contributed by atoms with Crippen LogP contribution in [0.1, 0.15) is 193 Å². The summed E-state index contributed by atoms with van der Waals surface area (Å²) in [6.45, 7) is 29.1. The SMILES string of the molecule is C[C@@H]1C[C@@]2(O[C@H]3C[C@@]4(C)[C@@H]5CC[C@H]6C(C)(C)[C@@H](O)CC[C@@]67C[C@@]57C[C@@H](O)[C@]4(C)[C@@H]13)O[C@H](O)[C@@]1(C)O[C@@H]21.C[C@@H]1C[C@H]2O[C@@]3(O[C@@H]2C(C)(C)O)[C@H](O)[C@@]2(C)[C@@H]4CC[C@H]5C(C)(C)[C@@H](O)CC[C@@]56C[C@@]46CC[C@]2(C)[C@@H]13. The molecule has 15 fully saturated rings. The Morgan fingerprint density at radius 2 is 1.08 bits per heavy atom. The van der Waals surface area contributed by atoms with E-state index in [-0.39, 0.29) is 97.2 Å². The van der Waals surface area contributed by atoms with Crippen molar-refractivity contribution in [2.45, 2.75) is 271 Å². The van der Waals surface area contributed by atoms with Crippen LogP contribution in [0.5, 0.6) is 0 Å². The van der Waals surface area contributed by atoms with Crippen molar-refractivity contribution in [3.05, 3.63) is 0 Å². The van der Waals surface area contributed by atoms with Crippen molar-refractivity contribution >= 4 is 0 Å². The van der Waals surface area contributed by atoms with Crippen LogP contribution in [0.25, 0.3) is 0 Å². The fourth-order valence-corrected chi connectivity index (χ4v) is 25.7.